The van der Waals surface area contributed by atoms with E-state index >= 15 is 0 Å². The van der Waals surface area contributed by atoms with E-state index in [0.717, 1.165) is 41.1 Å². The smallest absolute Gasteiger partial charge is 0.146 e. The minimum atomic E-state index is 0.452. The van der Waals surface area contributed by atoms with Gasteiger partial charge in [0.2, 0.25) is 0 Å². The van der Waals surface area contributed by atoms with Crippen LogP contribution in [0.5, 0.6) is 5.75 Å². The molecule has 4 rings (SSSR count). The molecule has 4 nitrogen and oxygen atoms in total. The van der Waals surface area contributed by atoms with E-state index in [1.807, 2.05) is 30.3 Å². The number of rotatable bonds is 5. The van der Waals surface area contributed by atoms with Crippen LogP contribution in [0.2, 0.25) is 0 Å². The van der Waals surface area contributed by atoms with E-state index in [-0.39, 0.29) is 0 Å². The second kappa shape index (κ2) is 7.73. The number of ether oxygens (including phenoxy) is 1. The van der Waals surface area contributed by atoms with Crippen molar-refractivity contribution in [1.29, 1.82) is 0 Å². The van der Waals surface area contributed by atoms with Crippen LogP contribution in [0.25, 0.3) is 10.9 Å². The van der Waals surface area contributed by atoms with E-state index in [1.165, 1.54) is 19.3 Å². The number of piperidine rings is 1. The van der Waals surface area contributed by atoms with Gasteiger partial charge in [0.25, 0.3) is 0 Å². The molecule has 1 atom stereocenters. The maximum atomic E-state index is 6.06. The molecule has 0 saturated carbocycles. The van der Waals surface area contributed by atoms with Gasteiger partial charge in [-0.05, 0) is 56.0 Å². The lowest BCUT2D eigenvalue weighted by molar-refractivity contribution is 0.304. The van der Waals surface area contributed by atoms with Gasteiger partial charge in [-0.15, -0.1) is 0 Å². The molecule has 3 aromatic rings. The first-order valence-electron chi connectivity index (χ1n) is 9.54. The zero-order valence-corrected chi connectivity index (χ0v) is 15.3. The van der Waals surface area contributed by atoms with Crippen LogP contribution >= 0.6 is 0 Å². The van der Waals surface area contributed by atoms with Gasteiger partial charge in [-0.3, -0.25) is 4.98 Å². The van der Waals surface area contributed by atoms with Gasteiger partial charge in [0.15, 0.2) is 0 Å². The average molecular weight is 347 g/mol. The summed E-state index contributed by atoms with van der Waals surface area (Å²) in [4.78, 5) is 11.8. The van der Waals surface area contributed by atoms with Crippen molar-refractivity contribution in [3.63, 3.8) is 0 Å². The van der Waals surface area contributed by atoms with Crippen molar-refractivity contribution in [2.75, 3.05) is 11.4 Å². The highest BCUT2D eigenvalue weighted by Crippen LogP contribution is 2.30. The maximum Gasteiger partial charge on any atom is 0.146 e. The molecule has 0 radical (unpaired) electrons. The Kier molecular flexibility index (Phi) is 5.00. The standard InChI is InChI=1S/C22H25N3O/c1-2-19-10-4-6-15-25(19)21-13-12-17-8-7-11-20(22(17)24-21)26-16-18-9-3-5-14-23-18/h3,5,7-9,11-14,19H,2,4,6,10,15-16H2,1H3. The fourth-order valence-electron chi connectivity index (χ4n) is 3.75. The Morgan fingerprint density at radius 3 is 2.88 bits per heavy atom. The molecule has 3 heterocycles. The lowest BCUT2D eigenvalue weighted by atomic mass is 10.00. The fourth-order valence-corrected chi connectivity index (χ4v) is 3.75. The van der Waals surface area contributed by atoms with Crippen molar-refractivity contribution in [2.45, 2.75) is 45.3 Å². The predicted octanol–water partition coefficient (Wildman–Crippen LogP) is 4.98. The number of para-hydroxylation sites is 1. The monoisotopic (exact) mass is 347 g/mol. The Bertz CT molecular complexity index is 866. The van der Waals surface area contributed by atoms with Crippen LogP contribution < -0.4 is 9.64 Å². The minimum Gasteiger partial charge on any atom is -0.485 e. The first-order valence-corrected chi connectivity index (χ1v) is 9.54. The summed E-state index contributed by atoms with van der Waals surface area (Å²) < 4.78 is 6.06. The molecule has 1 fully saturated rings. The van der Waals surface area contributed by atoms with Crippen LogP contribution in [0.3, 0.4) is 0 Å². The molecule has 26 heavy (non-hydrogen) atoms. The predicted molar refractivity (Wildman–Crippen MR) is 106 cm³/mol. The van der Waals surface area contributed by atoms with Crippen molar-refractivity contribution in [3.05, 3.63) is 60.4 Å². The van der Waals surface area contributed by atoms with Gasteiger partial charge in [-0.1, -0.05) is 25.1 Å². The number of fused-ring (bicyclic) bond motifs is 1. The number of anilines is 1. The van der Waals surface area contributed by atoms with Crippen LogP contribution in [-0.4, -0.2) is 22.6 Å². The summed E-state index contributed by atoms with van der Waals surface area (Å²) >= 11 is 0. The third kappa shape index (κ3) is 3.50. The number of pyridine rings is 2. The molecule has 0 bridgehead atoms. The first-order chi connectivity index (χ1) is 12.8. The van der Waals surface area contributed by atoms with Crippen LogP contribution in [0.15, 0.2) is 54.7 Å². The summed E-state index contributed by atoms with van der Waals surface area (Å²) in [6.07, 6.45) is 6.78. The topological polar surface area (TPSA) is 38.2 Å². The Balaban J connectivity index is 1.63. The van der Waals surface area contributed by atoms with Crippen molar-refractivity contribution in [2.24, 2.45) is 0 Å². The van der Waals surface area contributed by atoms with Crippen LogP contribution in [0.1, 0.15) is 38.3 Å². The highest BCUT2D eigenvalue weighted by molar-refractivity contribution is 5.86. The minimum absolute atomic E-state index is 0.452. The van der Waals surface area contributed by atoms with Crippen LogP contribution in [0, 0.1) is 0 Å². The quantitative estimate of drug-likeness (QED) is 0.652. The van der Waals surface area contributed by atoms with E-state index in [0.29, 0.717) is 12.6 Å². The molecular weight excluding hydrogens is 322 g/mol. The highest BCUT2D eigenvalue weighted by Gasteiger charge is 2.22. The average Bonchev–Trinajstić information content (AvgIpc) is 2.72. The Labute approximate surface area is 154 Å². The number of benzene rings is 1. The van der Waals surface area contributed by atoms with Crippen LogP contribution in [-0.2, 0) is 6.61 Å². The summed E-state index contributed by atoms with van der Waals surface area (Å²) in [5.41, 5.74) is 1.85. The third-order valence-electron chi connectivity index (χ3n) is 5.16. The van der Waals surface area contributed by atoms with Gasteiger partial charge in [0, 0.05) is 24.2 Å². The zero-order valence-electron chi connectivity index (χ0n) is 15.3. The molecule has 134 valence electrons. The molecule has 1 unspecified atom stereocenters. The molecule has 0 amide bonds. The molecule has 1 aromatic carbocycles. The van der Waals surface area contributed by atoms with Crippen molar-refractivity contribution >= 4 is 16.7 Å². The lowest BCUT2D eigenvalue weighted by Gasteiger charge is -2.36. The summed E-state index contributed by atoms with van der Waals surface area (Å²) in [6.45, 7) is 3.81. The van der Waals surface area contributed by atoms with E-state index in [1.54, 1.807) is 6.20 Å². The molecule has 1 aliphatic heterocycles. The molecular formula is C22H25N3O. The summed E-state index contributed by atoms with van der Waals surface area (Å²) in [7, 11) is 0. The van der Waals surface area contributed by atoms with Gasteiger partial charge in [0.05, 0.1) is 5.69 Å². The van der Waals surface area contributed by atoms with Crippen molar-refractivity contribution in [1.82, 2.24) is 9.97 Å². The number of nitrogens with zero attached hydrogens (tertiary/aromatic N) is 3. The number of aromatic nitrogens is 2. The van der Waals surface area contributed by atoms with Gasteiger partial charge < -0.3 is 9.64 Å². The van der Waals surface area contributed by atoms with Gasteiger partial charge in [-0.25, -0.2) is 4.98 Å². The second-order valence-electron chi connectivity index (χ2n) is 6.86. The molecule has 1 aliphatic rings. The SMILES string of the molecule is CCC1CCCCN1c1ccc2cccc(OCc3ccccn3)c2n1. The van der Waals surface area contributed by atoms with Gasteiger partial charge >= 0.3 is 0 Å². The van der Waals surface area contributed by atoms with E-state index < -0.39 is 0 Å². The summed E-state index contributed by atoms with van der Waals surface area (Å²) in [5.74, 6) is 1.89. The lowest BCUT2D eigenvalue weighted by Crippen LogP contribution is -2.39. The van der Waals surface area contributed by atoms with E-state index in [2.05, 4.69) is 35.0 Å². The molecule has 0 spiro atoms. The molecule has 4 heteroatoms. The summed E-state index contributed by atoms with van der Waals surface area (Å²) in [6, 6.07) is 16.9. The normalized spacial score (nSPS) is 17.4. The van der Waals surface area contributed by atoms with E-state index in [4.69, 9.17) is 9.72 Å². The number of hydrogen-bond donors (Lipinski definition) is 0. The van der Waals surface area contributed by atoms with E-state index in [9.17, 15) is 0 Å². The zero-order chi connectivity index (χ0) is 17.8. The first kappa shape index (κ1) is 16.8. The molecule has 0 N–H and O–H groups in total. The molecule has 0 aliphatic carbocycles. The second-order valence-corrected chi connectivity index (χ2v) is 6.86. The van der Waals surface area contributed by atoms with Gasteiger partial charge in [-0.2, -0.15) is 0 Å². The number of hydrogen-bond acceptors (Lipinski definition) is 4. The Morgan fingerprint density at radius 2 is 2.04 bits per heavy atom. The Hall–Kier alpha value is -2.62. The Morgan fingerprint density at radius 1 is 1.08 bits per heavy atom. The maximum absolute atomic E-state index is 6.06. The molecule has 2 aromatic heterocycles. The van der Waals surface area contributed by atoms with Crippen LogP contribution in [0.4, 0.5) is 5.82 Å². The highest BCUT2D eigenvalue weighted by atomic mass is 16.5. The van der Waals surface area contributed by atoms with Crippen molar-refractivity contribution < 1.29 is 4.74 Å². The molecule has 1 saturated heterocycles. The van der Waals surface area contributed by atoms with Gasteiger partial charge in [0.1, 0.15) is 23.7 Å². The van der Waals surface area contributed by atoms with Crippen molar-refractivity contribution in [3.8, 4) is 5.75 Å². The fraction of sp³-hybridized carbons (Fsp3) is 0.364. The largest absolute Gasteiger partial charge is 0.485 e. The summed E-state index contributed by atoms with van der Waals surface area (Å²) in [5, 5.41) is 1.11. The third-order valence-corrected chi connectivity index (χ3v) is 5.16.